The van der Waals surface area contributed by atoms with E-state index >= 15 is 0 Å². The molecule has 0 aliphatic heterocycles. The van der Waals surface area contributed by atoms with Crippen LogP contribution in [0.5, 0.6) is 0 Å². The van der Waals surface area contributed by atoms with Gasteiger partial charge in [0.15, 0.2) is 0 Å². The lowest BCUT2D eigenvalue weighted by Crippen LogP contribution is -2.46. The second-order valence-corrected chi connectivity index (χ2v) is 6.00. The third kappa shape index (κ3) is 5.05. The second kappa shape index (κ2) is 6.70. The molecule has 1 unspecified atom stereocenters. The Morgan fingerprint density at radius 2 is 1.87 bits per heavy atom. The monoisotopic (exact) mass is 234 g/mol. The largest absolute Gasteiger partial charge is 0.567 e. The molecular weight excluding hydrogens is 216 g/mol. The summed E-state index contributed by atoms with van der Waals surface area (Å²) in [4.78, 5) is 22.0. The van der Waals surface area contributed by atoms with Crippen LogP contribution in [-0.2, 0) is 22.9 Å². The van der Waals surface area contributed by atoms with Crippen molar-refractivity contribution < 1.29 is 22.9 Å². The van der Waals surface area contributed by atoms with Crippen LogP contribution in [-0.4, -0.2) is 34.3 Å². The highest BCUT2D eigenvalue weighted by Gasteiger charge is 2.41. The number of rotatable bonds is 7. The highest BCUT2D eigenvalue weighted by atomic mass is 28.4. The summed E-state index contributed by atoms with van der Waals surface area (Å²) >= 11 is 0. The number of ketones is 1. The van der Waals surface area contributed by atoms with Gasteiger partial charge in [-0.25, -0.2) is 0 Å². The number of carbonyl (C=O) groups excluding carboxylic acids is 2. The molecule has 15 heavy (non-hydrogen) atoms. The van der Waals surface area contributed by atoms with Crippen LogP contribution in [0.3, 0.4) is 0 Å². The summed E-state index contributed by atoms with van der Waals surface area (Å²) in [6.07, 6.45) is -0.231. The molecule has 0 aliphatic carbocycles. The molecule has 88 valence electrons. The van der Waals surface area contributed by atoms with E-state index in [0.717, 1.165) is 0 Å². The number of hydrogen-bond donors (Lipinski definition) is 0. The predicted octanol–water partition coefficient (Wildman–Crippen LogP) is 1.15. The summed E-state index contributed by atoms with van der Waals surface area (Å²) in [7, 11) is -1.42. The lowest BCUT2D eigenvalue weighted by Gasteiger charge is -2.25. The van der Waals surface area contributed by atoms with Crippen molar-refractivity contribution in [3.05, 3.63) is 0 Å². The fourth-order valence-corrected chi connectivity index (χ4v) is 2.84. The third-order valence-corrected chi connectivity index (χ3v) is 4.53. The van der Waals surface area contributed by atoms with Crippen molar-refractivity contribution in [1.29, 1.82) is 0 Å². The average Bonchev–Trinajstić information content (AvgIpc) is 2.15. The lowest BCUT2D eigenvalue weighted by molar-refractivity contribution is -0.141. The molecule has 0 radical (unpaired) electrons. The van der Waals surface area contributed by atoms with E-state index in [-0.39, 0.29) is 12.2 Å². The molecule has 0 aliphatic rings. The van der Waals surface area contributed by atoms with Crippen molar-refractivity contribution in [2.75, 3.05) is 13.7 Å². The molecule has 5 nitrogen and oxygen atoms in total. The van der Waals surface area contributed by atoms with Crippen molar-refractivity contribution in [2.45, 2.75) is 33.2 Å². The first-order valence-electron chi connectivity index (χ1n) is 4.90. The Morgan fingerprint density at radius 3 is 2.20 bits per heavy atom. The van der Waals surface area contributed by atoms with Crippen LogP contribution in [0.25, 0.3) is 0 Å². The van der Waals surface area contributed by atoms with Gasteiger partial charge in [0.2, 0.25) is 0 Å². The quantitative estimate of drug-likeness (QED) is 0.488. The molecule has 6 heteroatoms. The van der Waals surface area contributed by atoms with Crippen molar-refractivity contribution in [3.63, 3.8) is 0 Å². The first-order chi connectivity index (χ1) is 6.99. The molecule has 0 saturated heterocycles. The van der Waals surface area contributed by atoms with Gasteiger partial charge in [0.25, 0.3) is 0 Å². The van der Waals surface area contributed by atoms with Gasteiger partial charge >= 0.3 is 14.8 Å². The fraction of sp³-hybridized carbons (Fsp3) is 0.778. The molecule has 0 fully saturated rings. The van der Waals surface area contributed by atoms with Crippen LogP contribution in [0.1, 0.15) is 27.2 Å². The summed E-state index contributed by atoms with van der Waals surface area (Å²) < 4.78 is 15.6. The zero-order valence-electron chi connectivity index (χ0n) is 9.66. The summed E-state index contributed by atoms with van der Waals surface area (Å²) in [5.74, 6) is -0.807. The Labute approximate surface area is 91.1 Å². The van der Waals surface area contributed by atoms with Gasteiger partial charge in [0.1, 0.15) is 12.2 Å². The third-order valence-electron chi connectivity index (χ3n) is 1.77. The molecule has 0 aromatic rings. The highest BCUT2D eigenvalue weighted by Crippen LogP contribution is 2.15. The van der Waals surface area contributed by atoms with Crippen LogP contribution in [0, 0.1) is 0 Å². The molecular formula is C9H18O5Si. The summed E-state index contributed by atoms with van der Waals surface area (Å²) in [6.45, 7) is 5.38. The van der Waals surface area contributed by atoms with E-state index in [2.05, 4.69) is 0 Å². The van der Waals surface area contributed by atoms with Gasteiger partial charge in [0, 0.05) is 19.8 Å². The van der Waals surface area contributed by atoms with Crippen molar-refractivity contribution in [3.8, 4) is 0 Å². The Bertz CT molecular complexity index is 225. The Morgan fingerprint density at radius 1 is 1.27 bits per heavy atom. The predicted molar refractivity (Wildman–Crippen MR) is 56.3 cm³/mol. The van der Waals surface area contributed by atoms with Gasteiger partial charge in [-0.15, -0.1) is 0 Å². The van der Waals surface area contributed by atoms with Crippen LogP contribution in [0.15, 0.2) is 0 Å². The van der Waals surface area contributed by atoms with Crippen LogP contribution in [0.2, 0.25) is 6.04 Å². The maximum Gasteiger partial charge on any atom is 0.567 e. The fourth-order valence-electron chi connectivity index (χ4n) is 1.08. The van der Waals surface area contributed by atoms with Crippen molar-refractivity contribution in [1.82, 2.24) is 0 Å². The van der Waals surface area contributed by atoms with E-state index in [1.54, 1.807) is 6.92 Å². The smallest absolute Gasteiger partial charge is 0.473 e. The Hall–Kier alpha value is -0.723. The van der Waals surface area contributed by atoms with Crippen LogP contribution < -0.4 is 0 Å². The minimum atomic E-state index is -2.88. The molecule has 1 atom stereocenters. The zero-order chi connectivity index (χ0) is 11.9. The second-order valence-electron chi connectivity index (χ2n) is 3.03. The van der Waals surface area contributed by atoms with Gasteiger partial charge in [-0.3, -0.25) is 9.59 Å². The molecule has 0 rings (SSSR count). The van der Waals surface area contributed by atoms with Gasteiger partial charge in [0.05, 0.1) is 0 Å². The average molecular weight is 234 g/mol. The number of hydrogen-bond acceptors (Lipinski definition) is 5. The molecule has 0 amide bonds. The molecule has 0 N–H and O–H groups in total. The number of Topliss-reactive ketones (excluding diaryl/α,β-unsaturated/α-hetero) is 1. The van der Waals surface area contributed by atoms with Crippen molar-refractivity contribution in [2.24, 2.45) is 0 Å². The first-order valence-corrected chi connectivity index (χ1v) is 6.83. The van der Waals surface area contributed by atoms with Gasteiger partial charge in [-0.1, -0.05) is 6.92 Å². The molecule has 0 heterocycles. The summed E-state index contributed by atoms with van der Waals surface area (Å²) in [5, 5.41) is 0. The maximum absolute atomic E-state index is 11.3. The molecule has 0 aromatic carbocycles. The molecule has 0 spiro atoms. The van der Waals surface area contributed by atoms with E-state index in [9.17, 15) is 9.59 Å². The standard InChI is InChI=1S/C9H18O5Si/c1-5-13-15(6-2,12-4)14-9(11)7-8(3)10/h5-7H2,1-4H3. The maximum atomic E-state index is 11.3. The highest BCUT2D eigenvalue weighted by molar-refractivity contribution is 6.62. The van der Waals surface area contributed by atoms with Crippen LogP contribution in [0.4, 0.5) is 0 Å². The molecule has 0 saturated carbocycles. The first kappa shape index (κ1) is 14.3. The number of carbonyl (C=O) groups is 2. The molecule has 0 aromatic heterocycles. The Balaban J connectivity index is 4.38. The summed E-state index contributed by atoms with van der Waals surface area (Å²) in [5.41, 5.74) is 0. The van der Waals surface area contributed by atoms with E-state index in [1.165, 1.54) is 14.0 Å². The minimum Gasteiger partial charge on any atom is -0.473 e. The minimum absolute atomic E-state index is 0.230. The van der Waals surface area contributed by atoms with Gasteiger partial charge < -0.3 is 13.3 Å². The topological polar surface area (TPSA) is 61.8 Å². The lowest BCUT2D eigenvalue weighted by atomic mass is 10.3. The zero-order valence-corrected chi connectivity index (χ0v) is 10.7. The van der Waals surface area contributed by atoms with Gasteiger partial charge in [-0.2, -0.15) is 0 Å². The normalized spacial score (nSPS) is 14.4. The molecule has 0 bridgehead atoms. The van der Waals surface area contributed by atoms with Crippen LogP contribution >= 0.6 is 0 Å². The SMILES string of the molecule is CCO[Si](CC)(OC)OC(=O)CC(C)=O. The van der Waals surface area contributed by atoms with E-state index in [4.69, 9.17) is 13.3 Å². The summed E-state index contributed by atoms with van der Waals surface area (Å²) in [6, 6.07) is 0.501. The van der Waals surface area contributed by atoms with E-state index in [1.807, 2.05) is 6.92 Å². The van der Waals surface area contributed by atoms with E-state index < -0.39 is 14.8 Å². The van der Waals surface area contributed by atoms with E-state index in [0.29, 0.717) is 12.7 Å². The Kier molecular flexibility index (Phi) is 6.38. The van der Waals surface area contributed by atoms with Gasteiger partial charge in [-0.05, 0) is 13.8 Å². The van der Waals surface area contributed by atoms with Crippen molar-refractivity contribution >= 4 is 20.6 Å².